The molecular formula is C14H17FN2O3. The lowest BCUT2D eigenvalue weighted by Crippen LogP contribution is -2.14. The first-order valence-electron chi connectivity index (χ1n) is 6.07. The standard InChI is InChI=1S/C14H17FN2O3/c1-3-9(6-14(16)19)12(8-18)17-10-4-5-13(20-2)11(15)7-10/h4-5,7-8,17H,3,6H2,1-2H3,(H2,16,19)/b12-9-. The van der Waals surface area contributed by atoms with Gasteiger partial charge in [0.15, 0.2) is 17.9 Å². The molecule has 0 atom stereocenters. The van der Waals surface area contributed by atoms with E-state index in [2.05, 4.69) is 5.32 Å². The van der Waals surface area contributed by atoms with Crippen LogP contribution in [-0.4, -0.2) is 19.3 Å². The van der Waals surface area contributed by atoms with E-state index in [4.69, 9.17) is 10.5 Å². The second-order valence-corrected chi connectivity index (χ2v) is 4.11. The third kappa shape index (κ3) is 4.08. The molecule has 0 saturated carbocycles. The number of benzene rings is 1. The third-order valence-corrected chi connectivity index (χ3v) is 2.74. The van der Waals surface area contributed by atoms with Gasteiger partial charge in [-0.1, -0.05) is 6.92 Å². The Hall–Kier alpha value is -2.37. The number of allylic oxidation sites excluding steroid dienone is 1. The Morgan fingerprint density at radius 1 is 1.50 bits per heavy atom. The molecule has 1 aromatic carbocycles. The van der Waals surface area contributed by atoms with Gasteiger partial charge >= 0.3 is 0 Å². The number of methoxy groups -OCH3 is 1. The second-order valence-electron chi connectivity index (χ2n) is 4.11. The van der Waals surface area contributed by atoms with Crippen LogP contribution in [0.2, 0.25) is 0 Å². The molecule has 3 N–H and O–H groups in total. The largest absolute Gasteiger partial charge is 0.494 e. The number of primary amides is 1. The van der Waals surface area contributed by atoms with Crippen molar-refractivity contribution in [2.24, 2.45) is 5.73 Å². The molecule has 0 aliphatic carbocycles. The molecule has 1 amide bonds. The first kappa shape index (κ1) is 15.7. The topological polar surface area (TPSA) is 81.4 Å². The zero-order valence-electron chi connectivity index (χ0n) is 11.4. The summed E-state index contributed by atoms with van der Waals surface area (Å²) >= 11 is 0. The van der Waals surface area contributed by atoms with Crippen LogP contribution < -0.4 is 15.8 Å². The summed E-state index contributed by atoms with van der Waals surface area (Å²) in [5, 5.41) is 2.79. The van der Waals surface area contributed by atoms with Crippen LogP contribution in [0.5, 0.6) is 5.75 Å². The molecule has 0 aliphatic heterocycles. The van der Waals surface area contributed by atoms with E-state index in [-0.39, 0.29) is 17.9 Å². The molecule has 0 saturated heterocycles. The van der Waals surface area contributed by atoms with Gasteiger partial charge in [0, 0.05) is 18.2 Å². The molecule has 1 rings (SSSR count). The zero-order valence-corrected chi connectivity index (χ0v) is 11.4. The molecule has 6 heteroatoms. The summed E-state index contributed by atoms with van der Waals surface area (Å²) in [6, 6.07) is 4.22. The summed E-state index contributed by atoms with van der Waals surface area (Å²) < 4.78 is 18.4. The van der Waals surface area contributed by atoms with Crippen molar-refractivity contribution in [1.29, 1.82) is 0 Å². The molecule has 5 nitrogen and oxygen atoms in total. The van der Waals surface area contributed by atoms with Gasteiger partial charge in [0.25, 0.3) is 0 Å². The van der Waals surface area contributed by atoms with Crippen LogP contribution in [0, 0.1) is 5.82 Å². The minimum atomic E-state index is -0.546. The number of anilines is 1. The molecule has 108 valence electrons. The Bertz CT molecular complexity index is 541. The molecule has 0 aliphatic rings. The average molecular weight is 280 g/mol. The van der Waals surface area contributed by atoms with Crippen molar-refractivity contribution in [3.05, 3.63) is 35.3 Å². The molecular weight excluding hydrogens is 263 g/mol. The minimum absolute atomic E-state index is 0.0176. The van der Waals surface area contributed by atoms with Gasteiger partial charge in [0.05, 0.1) is 12.8 Å². The van der Waals surface area contributed by atoms with Gasteiger partial charge < -0.3 is 15.8 Å². The maximum absolute atomic E-state index is 13.6. The minimum Gasteiger partial charge on any atom is -0.494 e. The molecule has 0 unspecified atom stereocenters. The Kier molecular flexibility index (Phi) is 5.71. The number of aldehydes is 1. The Balaban J connectivity index is 3.03. The number of nitrogens with two attached hydrogens (primary N) is 1. The number of amides is 1. The van der Waals surface area contributed by atoms with Crippen molar-refractivity contribution in [3.63, 3.8) is 0 Å². The van der Waals surface area contributed by atoms with Gasteiger partial charge in [-0.3, -0.25) is 9.59 Å². The van der Waals surface area contributed by atoms with Crippen LogP contribution in [0.1, 0.15) is 19.8 Å². The van der Waals surface area contributed by atoms with E-state index >= 15 is 0 Å². The highest BCUT2D eigenvalue weighted by atomic mass is 19.1. The molecule has 0 aromatic heterocycles. The fraction of sp³-hybridized carbons (Fsp3) is 0.286. The van der Waals surface area contributed by atoms with E-state index < -0.39 is 11.7 Å². The highest BCUT2D eigenvalue weighted by Gasteiger charge is 2.10. The highest BCUT2D eigenvalue weighted by molar-refractivity contribution is 5.84. The maximum Gasteiger partial charge on any atom is 0.221 e. The Labute approximate surface area is 116 Å². The molecule has 0 spiro atoms. The molecule has 20 heavy (non-hydrogen) atoms. The van der Waals surface area contributed by atoms with Crippen molar-refractivity contribution in [2.75, 3.05) is 12.4 Å². The van der Waals surface area contributed by atoms with Gasteiger partial charge in [0.1, 0.15) is 0 Å². The van der Waals surface area contributed by atoms with Crippen molar-refractivity contribution in [3.8, 4) is 5.75 Å². The van der Waals surface area contributed by atoms with Crippen molar-refractivity contribution < 1.29 is 18.7 Å². The van der Waals surface area contributed by atoms with Crippen LogP contribution in [-0.2, 0) is 9.59 Å². The number of rotatable bonds is 7. The van der Waals surface area contributed by atoms with E-state index in [0.29, 0.717) is 24.0 Å². The fourth-order valence-electron chi connectivity index (χ4n) is 1.72. The van der Waals surface area contributed by atoms with Crippen LogP contribution in [0.25, 0.3) is 0 Å². The molecule has 0 fully saturated rings. The lowest BCUT2D eigenvalue weighted by molar-refractivity contribution is -0.117. The predicted octanol–water partition coefficient (Wildman–Crippen LogP) is 1.98. The van der Waals surface area contributed by atoms with E-state index in [9.17, 15) is 14.0 Å². The number of hydrogen-bond acceptors (Lipinski definition) is 4. The van der Waals surface area contributed by atoms with Gasteiger partial charge in [-0.2, -0.15) is 0 Å². The van der Waals surface area contributed by atoms with Crippen LogP contribution in [0.15, 0.2) is 29.5 Å². The normalized spacial score (nSPS) is 11.6. The number of carbonyl (C=O) groups excluding carboxylic acids is 2. The SMILES string of the molecule is CC/C(CC(N)=O)=C(\C=O)Nc1ccc(OC)c(F)c1. The summed E-state index contributed by atoms with van der Waals surface area (Å²) in [5.74, 6) is -0.959. The van der Waals surface area contributed by atoms with Crippen molar-refractivity contribution in [2.45, 2.75) is 19.8 Å². The fourth-order valence-corrected chi connectivity index (χ4v) is 1.72. The monoisotopic (exact) mass is 280 g/mol. The van der Waals surface area contributed by atoms with E-state index in [1.54, 1.807) is 13.0 Å². The summed E-state index contributed by atoms with van der Waals surface area (Å²) in [5.41, 5.74) is 6.30. The lowest BCUT2D eigenvalue weighted by Gasteiger charge is -2.12. The number of halogens is 1. The van der Waals surface area contributed by atoms with Crippen molar-refractivity contribution in [1.82, 2.24) is 0 Å². The number of hydrogen-bond donors (Lipinski definition) is 2. The number of ether oxygens (including phenoxy) is 1. The summed E-state index contributed by atoms with van der Waals surface area (Å²) in [7, 11) is 1.37. The van der Waals surface area contributed by atoms with E-state index in [1.165, 1.54) is 19.2 Å². The van der Waals surface area contributed by atoms with E-state index in [0.717, 1.165) is 0 Å². The highest BCUT2D eigenvalue weighted by Crippen LogP contribution is 2.22. The maximum atomic E-state index is 13.6. The zero-order chi connectivity index (χ0) is 15.1. The molecule has 0 heterocycles. The summed E-state index contributed by atoms with van der Waals surface area (Å²) in [6.45, 7) is 1.80. The lowest BCUT2D eigenvalue weighted by atomic mass is 10.1. The molecule has 1 aromatic rings. The van der Waals surface area contributed by atoms with Crippen LogP contribution >= 0.6 is 0 Å². The van der Waals surface area contributed by atoms with E-state index in [1.807, 2.05) is 0 Å². The Morgan fingerprint density at radius 2 is 2.20 bits per heavy atom. The first-order chi connectivity index (χ1) is 9.51. The smallest absolute Gasteiger partial charge is 0.221 e. The molecule has 0 radical (unpaired) electrons. The van der Waals surface area contributed by atoms with Crippen molar-refractivity contribution >= 4 is 17.9 Å². The second kappa shape index (κ2) is 7.28. The van der Waals surface area contributed by atoms with Crippen LogP contribution in [0.4, 0.5) is 10.1 Å². The first-order valence-corrected chi connectivity index (χ1v) is 6.07. The average Bonchev–Trinajstić information content (AvgIpc) is 2.42. The Morgan fingerprint density at radius 3 is 2.65 bits per heavy atom. The van der Waals surface area contributed by atoms with Gasteiger partial charge in [0.2, 0.25) is 5.91 Å². The number of nitrogens with one attached hydrogen (secondary N) is 1. The quantitative estimate of drug-likeness (QED) is 0.591. The molecule has 0 bridgehead atoms. The third-order valence-electron chi connectivity index (χ3n) is 2.74. The van der Waals surface area contributed by atoms with Gasteiger partial charge in [-0.05, 0) is 24.1 Å². The summed E-state index contributed by atoms with van der Waals surface area (Å²) in [6.07, 6.45) is 1.06. The van der Waals surface area contributed by atoms with Gasteiger partial charge in [-0.15, -0.1) is 0 Å². The number of carbonyl (C=O) groups is 2. The predicted molar refractivity (Wildman–Crippen MR) is 73.8 cm³/mol. The summed E-state index contributed by atoms with van der Waals surface area (Å²) in [4.78, 5) is 22.1. The van der Waals surface area contributed by atoms with Gasteiger partial charge in [-0.25, -0.2) is 4.39 Å². The van der Waals surface area contributed by atoms with Crippen LogP contribution in [0.3, 0.4) is 0 Å².